The molecule has 0 spiro atoms. The van der Waals surface area contributed by atoms with E-state index in [1.165, 1.54) is 30.2 Å². The van der Waals surface area contributed by atoms with Crippen molar-refractivity contribution < 1.29 is 27.1 Å². The normalized spacial score (nSPS) is 12.0. The third-order valence-corrected chi connectivity index (χ3v) is 9.29. The van der Waals surface area contributed by atoms with E-state index >= 15 is 4.39 Å². The van der Waals surface area contributed by atoms with E-state index < -0.39 is 40.2 Å². The number of nitrogens with zero attached hydrogens (tertiary/aromatic N) is 2. The van der Waals surface area contributed by atoms with Gasteiger partial charge in [0.05, 0.1) is 17.7 Å². The number of aryl methyl sites for hydroxylation is 1. The van der Waals surface area contributed by atoms with Crippen LogP contribution in [0.3, 0.4) is 0 Å². The fraction of sp³-hybridized carbons (Fsp3) is 0.278. The van der Waals surface area contributed by atoms with Crippen molar-refractivity contribution in [1.29, 1.82) is 0 Å². The van der Waals surface area contributed by atoms with Gasteiger partial charge in [0.2, 0.25) is 11.8 Å². The van der Waals surface area contributed by atoms with Gasteiger partial charge in [-0.1, -0.05) is 80.1 Å². The van der Waals surface area contributed by atoms with E-state index in [2.05, 4.69) is 5.32 Å². The number of benzene rings is 4. The molecule has 242 valence electrons. The number of anilines is 1. The maximum atomic E-state index is 15.0. The molecule has 10 heteroatoms. The lowest BCUT2D eigenvalue weighted by Gasteiger charge is -2.34. The topological polar surface area (TPSA) is 96.0 Å². The van der Waals surface area contributed by atoms with Crippen molar-refractivity contribution in [3.05, 3.63) is 126 Å². The quantitative estimate of drug-likeness (QED) is 0.189. The number of halogens is 1. The Kier molecular flexibility index (Phi) is 11.5. The molecule has 0 fully saturated rings. The van der Waals surface area contributed by atoms with Crippen molar-refractivity contribution in [2.45, 2.75) is 44.7 Å². The Hall–Kier alpha value is -4.70. The van der Waals surface area contributed by atoms with Gasteiger partial charge in [-0.25, -0.2) is 12.8 Å². The van der Waals surface area contributed by atoms with Gasteiger partial charge >= 0.3 is 0 Å². The van der Waals surface area contributed by atoms with Gasteiger partial charge in [-0.2, -0.15) is 0 Å². The molecule has 0 aliphatic carbocycles. The second-order valence-corrected chi connectivity index (χ2v) is 13.3. The molecule has 2 amide bonds. The van der Waals surface area contributed by atoms with Gasteiger partial charge < -0.3 is 15.0 Å². The van der Waals surface area contributed by atoms with Gasteiger partial charge in [-0.3, -0.25) is 13.9 Å². The van der Waals surface area contributed by atoms with Crippen LogP contribution in [0.1, 0.15) is 30.5 Å². The van der Waals surface area contributed by atoms with Crippen LogP contribution in [0, 0.1) is 18.7 Å². The van der Waals surface area contributed by atoms with Crippen molar-refractivity contribution in [2.24, 2.45) is 5.92 Å². The first-order valence-electron chi connectivity index (χ1n) is 15.1. The van der Waals surface area contributed by atoms with E-state index in [1.807, 2.05) is 51.1 Å². The van der Waals surface area contributed by atoms with Crippen LogP contribution in [0.5, 0.6) is 5.75 Å². The fourth-order valence-corrected chi connectivity index (χ4v) is 6.32. The first-order valence-corrected chi connectivity index (χ1v) is 16.5. The average molecular weight is 646 g/mol. The molecule has 4 rings (SSSR count). The summed E-state index contributed by atoms with van der Waals surface area (Å²) < 4.78 is 49.6. The zero-order valence-corrected chi connectivity index (χ0v) is 27.3. The Labute approximate surface area is 270 Å². The summed E-state index contributed by atoms with van der Waals surface area (Å²) in [5.41, 5.74) is 2.09. The average Bonchev–Trinajstić information content (AvgIpc) is 3.05. The zero-order chi connectivity index (χ0) is 33.3. The number of ether oxygens (including phenoxy) is 1. The van der Waals surface area contributed by atoms with E-state index in [1.54, 1.807) is 54.6 Å². The molecule has 0 aliphatic rings. The van der Waals surface area contributed by atoms with Crippen molar-refractivity contribution in [1.82, 2.24) is 10.2 Å². The molecular formula is C36H40FN3O5S. The highest BCUT2D eigenvalue weighted by Gasteiger charge is 2.35. The summed E-state index contributed by atoms with van der Waals surface area (Å²) in [7, 11) is -2.76. The number of carbonyl (C=O) groups is 2. The molecule has 4 aromatic carbocycles. The Morgan fingerprint density at radius 3 is 2.11 bits per heavy atom. The van der Waals surface area contributed by atoms with Crippen molar-refractivity contribution in [3.63, 3.8) is 0 Å². The highest BCUT2D eigenvalue weighted by molar-refractivity contribution is 7.92. The van der Waals surface area contributed by atoms with E-state index in [0.717, 1.165) is 15.4 Å². The van der Waals surface area contributed by atoms with Crippen LogP contribution in [-0.4, -0.2) is 51.4 Å². The SMILES string of the molecule is COc1ccc(N(CC(=O)N(Cc2ccccc2F)C(Cc2ccccc2)C(=O)NCC(C)C)S(=O)(=O)c2ccc(C)cc2)cc1. The molecule has 0 saturated carbocycles. The van der Waals surface area contributed by atoms with Crippen LogP contribution in [-0.2, 0) is 32.6 Å². The van der Waals surface area contributed by atoms with E-state index in [0.29, 0.717) is 12.3 Å². The Bertz CT molecular complexity index is 1710. The second-order valence-electron chi connectivity index (χ2n) is 11.5. The summed E-state index contributed by atoms with van der Waals surface area (Å²) in [5, 5.41) is 2.92. The molecule has 0 radical (unpaired) electrons. The molecule has 0 aliphatic heterocycles. The van der Waals surface area contributed by atoms with E-state index in [9.17, 15) is 18.0 Å². The third kappa shape index (κ3) is 8.72. The summed E-state index contributed by atoms with van der Waals surface area (Å²) in [6, 6.07) is 26.8. The first-order chi connectivity index (χ1) is 22.0. The zero-order valence-electron chi connectivity index (χ0n) is 26.5. The highest BCUT2D eigenvalue weighted by Crippen LogP contribution is 2.27. The number of hydrogen-bond acceptors (Lipinski definition) is 5. The lowest BCUT2D eigenvalue weighted by molar-refractivity contribution is -0.140. The van der Waals surface area contributed by atoms with E-state index in [-0.39, 0.29) is 35.0 Å². The second kappa shape index (κ2) is 15.5. The van der Waals surface area contributed by atoms with Crippen LogP contribution in [0.25, 0.3) is 0 Å². The number of amides is 2. The standard InChI is InChI=1S/C36H40FN3O5S/c1-26(2)23-38-36(42)34(22-28-10-6-5-7-11-28)39(24-29-12-8-9-13-33(29)37)35(41)25-40(30-16-18-31(45-4)19-17-30)46(43,44)32-20-14-27(3)15-21-32/h5-21,26,34H,22-25H2,1-4H3,(H,38,42). The predicted molar refractivity (Wildman–Crippen MR) is 177 cm³/mol. The van der Waals surface area contributed by atoms with Crippen molar-refractivity contribution in [2.75, 3.05) is 24.5 Å². The lowest BCUT2D eigenvalue weighted by Crippen LogP contribution is -2.53. The molecule has 0 heterocycles. The molecule has 0 aromatic heterocycles. The number of rotatable bonds is 14. The fourth-order valence-electron chi connectivity index (χ4n) is 4.90. The van der Waals surface area contributed by atoms with Crippen LogP contribution < -0.4 is 14.4 Å². The molecule has 0 bridgehead atoms. The summed E-state index contributed by atoms with van der Waals surface area (Å²) >= 11 is 0. The van der Waals surface area contributed by atoms with Gasteiger partial charge in [-0.15, -0.1) is 0 Å². The molecule has 8 nitrogen and oxygen atoms in total. The summed E-state index contributed by atoms with van der Waals surface area (Å²) in [5.74, 6) is -0.980. The maximum Gasteiger partial charge on any atom is 0.264 e. The highest BCUT2D eigenvalue weighted by atomic mass is 32.2. The Morgan fingerprint density at radius 2 is 1.50 bits per heavy atom. The van der Waals surface area contributed by atoms with Gasteiger partial charge in [0.1, 0.15) is 24.2 Å². The van der Waals surface area contributed by atoms with Crippen molar-refractivity contribution >= 4 is 27.5 Å². The molecule has 1 atom stereocenters. The minimum atomic E-state index is -4.26. The molecule has 1 N–H and O–H groups in total. The van der Waals surface area contributed by atoms with Gasteiger partial charge in [-0.05, 0) is 60.9 Å². The predicted octanol–water partition coefficient (Wildman–Crippen LogP) is 5.75. The van der Waals surface area contributed by atoms with Crippen LogP contribution >= 0.6 is 0 Å². The van der Waals surface area contributed by atoms with Crippen LogP contribution in [0.4, 0.5) is 10.1 Å². The Morgan fingerprint density at radius 1 is 0.870 bits per heavy atom. The largest absolute Gasteiger partial charge is 0.497 e. The van der Waals surface area contributed by atoms with Gasteiger partial charge in [0.25, 0.3) is 10.0 Å². The number of hydrogen-bond donors (Lipinski definition) is 1. The summed E-state index contributed by atoms with van der Waals surface area (Å²) in [4.78, 5) is 29.5. The molecule has 4 aromatic rings. The van der Waals surface area contributed by atoms with Crippen molar-refractivity contribution in [3.8, 4) is 5.75 Å². The number of sulfonamides is 1. The number of carbonyl (C=O) groups excluding carboxylic acids is 2. The first kappa shape index (κ1) is 34.2. The van der Waals surface area contributed by atoms with Crippen LogP contribution in [0.15, 0.2) is 108 Å². The molecule has 0 saturated heterocycles. The number of nitrogens with one attached hydrogen (secondary N) is 1. The summed E-state index contributed by atoms with van der Waals surface area (Å²) in [6.07, 6.45) is 0.137. The molecular weight excluding hydrogens is 605 g/mol. The minimum absolute atomic E-state index is 0.00196. The van der Waals surface area contributed by atoms with Gasteiger partial charge in [0, 0.05) is 25.1 Å². The lowest BCUT2D eigenvalue weighted by atomic mass is 10.0. The van der Waals surface area contributed by atoms with Crippen LogP contribution in [0.2, 0.25) is 0 Å². The van der Waals surface area contributed by atoms with Gasteiger partial charge in [0.15, 0.2) is 0 Å². The monoisotopic (exact) mass is 645 g/mol. The summed E-state index contributed by atoms with van der Waals surface area (Å²) in [6.45, 7) is 5.23. The molecule has 1 unspecified atom stereocenters. The smallest absolute Gasteiger partial charge is 0.264 e. The Balaban J connectivity index is 1.81. The van der Waals surface area contributed by atoms with E-state index in [4.69, 9.17) is 4.74 Å². The minimum Gasteiger partial charge on any atom is -0.497 e. The third-order valence-electron chi connectivity index (χ3n) is 7.50. The maximum absolute atomic E-state index is 15.0. The number of methoxy groups -OCH3 is 1. The molecule has 46 heavy (non-hydrogen) atoms.